The Morgan fingerprint density at radius 1 is 0.814 bits per heavy atom. The summed E-state index contributed by atoms with van der Waals surface area (Å²) in [5, 5.41) is 2.18. The van der Waals surface area contributed by atoms with Crippen LogP contribution in [0.3, 0.4) is 0 Å². The molecule has 0 fully saturated rings. The summed E-state index contributed by atoms with van der Waals surface area (Å²) < 4.78 is 95.0. The summed E-state index contributed by atoms with van der Waals surface area (Å²) in [5.74, 6) is -0.745. The van der Waals surface area contributed by atoms with Crippen LogP contribution in [0.4, 0.5) is 30.2 Å². The van der Waals surface area contributed by atoms with Crippen LogP contribution >= 0.6 is 23.2 Å². The fourth-order valence-corrected chi connectivity index (χ4v) is 6.72. The molecule has 4 aromatic rings. The van der Waals surface area contributed by atoms with Crippen molar-refractivity contribution in [2.24, 2.45) is 0 Å². The molecule has 0 aliphatic rings. The molecule has 4 rings (SSSR count). The Balaban J connectivity index is 1.52. The summed E-state index contributed by atoms with van der Waals surface area (Å²) in [5.41, 5.74) is -0.445. The molecule has 226 valence electrons. The number of hydrogen-bond acceptors (Lipinski definition) is 5. The lowest BCUT2D eigenvalue weighted by Crippen LogP contribution is -2.38. The Morgan fingerprint density at radius 3 is 2.02 bits per heavy atom. The third kappa shape index (κ3) is 7.79. The largest absolute Gasteiger partial charge is 0.417 e. The predicted molar refractivity (Wildman–Crippen MR) is 159 cm³/mol. The van der Waals surface area contributed by atoms with E-state index in [2.05, 4.69) is 10.0 Å². The number of carbonyl (C=O) groups is 1. The SMILES string of the molecule is Cc1ccc(S(=O)(=O)N(CC(=O)Nc2ccc(S(=O)(=O)Nc3ccc(Cl)c(C(F)(F)F)c3)cc2)c2cccc(Cl)c2)cc1. The van der Waals surface area contributed by atoms with E-state index in [1.165, 1.54) is 42.5 Å². The maximum Gasteiger partial charge on any atom is 0.417 e. The molecule has 0 aromatic heterocycles. The first-order valence-corrected chi connectivity index (χ1v) is 15.9. The Labute approximate surface area is 256 Å². The van der Waals surface area contributed by atoms with Crippen molar-refractivity contribution in [3.05, 3.63) is 112 Å². The summed E-state index contributed by atoms with van der Waals surface area (Å²) in [7, 11) is -8.52. The highest BCUT2D eigenvalue weighted by molar-refractivity contribution is 7.93. The van der Waals surface area contributed by atoms with Gasteiger partial charge in [-0.3, -0.25) is 13.8 Å². The van der Waals surface area contributed by atoms with Crippen LogP contribution in [0.1, 0.15) is 11.1 Å². The maximum atomic E-state index is 13.5. The number of carbonyl (C=O) groups excluding carboxylic acids is 1. The molecule has 4 aromatic carbocycles. The summed E-state index contributed by atoms with van der Waals surface area (Å²) in [6.45, 7) is 1.16. The van der Waals surface area contributed by atoms with E-state index in [1.54, 1.807) is 25.1 Å². The number of rotatable bonds is 9. The molecule has 8 nitrogen and oxygen atoms in total. The highest BCUT2D eigenvalue weighted by Gasteiger charge is 2.34. The molecule has 0 saturated heterocycles. The van der Waals surface area contributed by atoms with E-state index in [-0.39, 0.29) is 31.9 Å². The van der Waals surface area contributed by atoms with Crippen LogP contribution in [-0.4, -0.2) is 29.3 Å². The molecule has 0 atom stereocenters. The van der Waals surface area contributed by atoms with E-state index in [1.807, 2.05) is 0 Å². The maximum absolute atomic E-state index is 13.5. The molecule has 43 heavy (non-hydrogen) atoms. The standard InChI is InChI=1S/C28H22Cl2F3N3O5S2/c1-18-5-10-24(11-6-18)43(40,41)36(22-4-2-3-19(29)15-22)17-27(37)34-20-7-12-23(13-8-20)42(38,39)35-21-9-14-26(30)25(16-21)28(31,32)33/h2-16,35H,17H2,1H3,(H,34,37). The zero-order valence-electron chi connectivity index (χ0n) is 22.1. The molecule has 0 saturated carbocycles. The van der Waals surface area contributed by atoms with Crippen LogP contribution in [0.5, 0.6) is 0 Å². The molecule has 15 heteroatoms. The minimum atomic E-state index is -4.79. The minimum Gasteiger partial charge on any atom is -0.325 e. The van der Waals surface area contributed by atoms with Gasteiger partial charge in [-0.2, -0.15) is 13.2 Å². The fraction of sp³-hybridized carbons (Fsp3) is 0.107. The number of anilines is 3. The van der Waals surface area contributed by atoms with Gasteiger partial charge in [-0.15, -0.1) is 0 Å². The lowest BCUT2D eigenvalue weighted by molar-refractivity contribution is -0.137. The Kier molecular flexibility index (Phi) is 9.30. The van der Waals surface area contributed by atoms with E-state index < -0.39 is 49.3 Å². The Bertz CT molecular complexity index is 1870. The number of benzene rings is 4. The van der Waals surface area contributed by atoms with Gasteiger partial charge >= 0.3 is 6.18 Å². The number of nitrogens with one attached hydrogen (secondary N) is 2. The lowest BCUT2D eigenvalue weighted by Gasteiger charge is -2.24. The first-order valence-electron chi connectivity index (χ1n) is 12.2. The van der Waals surface area contributed by atoms with Crippen molar-refractivity contribution >= 4 is 66.2 Å². The van der Waals surface area contributed by atoms with Gasteiger partial charge in [0.15, 0.2) is 0 Å². The summed E-state index contributed by atoms with van der Waals surface area (Å²) >= 11 is 11.7. The fourth-order valence-electron chi connectivity index (χ4n) is 3.85. The molecule has 1 amide bonds. The van der Waals surface area contributed by atoms with Gasteiger partial charge in [0.1, 0.15) is 6.54 Å². The van der Waals surface area contributed by atoms with Crippen LogP contribution < -0.4 is 14.3 Å². The highest BCUT2D eigenvalue weighted by atomic mass is 35.5. The second kappa shape index (κ2) is 12.4. The van der Waals surface area contributed by atoms with Gasteiger partial charge in [0, 0.05) is 16.4 Å². The monoisotopic (exact) mass is 671 g/mol. The van der Waals surface area contributed by atoms with Crippen molar-refractivity contribution in [2.45, 2.75) is 22.9 Å². The number of amides is 1. The predicted octanol–water partition coefficient (Wildman–Crippen LogP) is 6.96. The van der Waals surface area contributed by atoms with Crippen LogP contribution in [-0.2, 0) is 31.0 Å². The molecule has 0 heterocycles. The van der Waals surface area contributed by atoms with Gasteiger partial charge in [0.05, 0.1) is 26.1 Å². The molecule has 0 aliphatic carbocycles. The van der Waals surface area contributed by atoms with Crippen molar-refractivity contribution in [2.75, 3.05) is 20.9 Å². The first-order chi connectivity index (χ1) is 20.1. The molecule has 0 bridgehead atoms. The molecular weight excluding hydrogens is 650 g/mol. The van der Waals surface area contributed by atoms with Crippen molar-refractivity contribution in [3.63, 3.8) is 0 Å². The van der Waals surface area contributed by atoms with E-state index >= 15 is 0 Å². The van der Waals surface area contributed by atoms with Crippen LogP contribution in [0.15, 0.2) is 101 Å². The van der Waals surface area contributed by atoms with Crippen LogP contribution in [0.25, 0.3) is 0 Å². The van der Waals surface area contributed by atoms with Gasteiger partial charge in [0.2, 0.25) is 5.91 Å². The van der Waals surface area contributed by atoms with Crippen molar-refractivity contribution in [1.29, 1.82) is 0 Å². The van der Waals surface area contributed by atoms with Crippen LogP contribution in [0, 0.1) is 6.92 Å². The van der Waals surface area contributed by atoms with Crippen molar-refractivity contribution < 1.29 is 34.8 Å². The van der Waals surface area contributed by atoms with E-state index in [9.17, 15) is 34.8 Å². The minimum absolute atomic E-state index is 0.0454. The number of hydrogen-bond donors (Lipinski definition) is 2. The molecule has 0 unspecified atom stereocenters. The van der Waals surface area contributed by atoms with Gasteiger partial charge in [-0.05, 0) is 79.7 Å². The topological polar surface area (TPSA) is 113 Å². The molecular formula is C28H22Cl2F3N3O5S2. The van der Waals surface area contributed by atoms with Gasteiger partial charge in [-0.25, -0.2) is 16.8 Å². The molecule has 2 N–H and O–H groups in total. The first kappa shape index (κ1) is 32.1. The average Bonchev–Trinajstić information content (AvgIpc) is 2.92. The number of nitrogens with zero attached hydrogens (tertiary/aromatic N) is 1. The van der Waals surface area contributed by atoms with Crippen LogP contribution in [0.2, 0.25) is 10.0 Å². The highest BCUT2D eigenvalue weighted by Crippen LogP contribution is 2.36. The molecule has 0 aliphatic heterocycles. The normalized spacial score (nSPS) is 12.0. The van der Waals surface area contributed by atoms with Crippen molar-refractivity contribution in [1.82, 2.24) is 0 Å². The smallest absolute Gasteiger partial charge is 0.325 e. The number of halogens is 5. The van der Waals surface area contributed by atoms with E-state index in [0.29, 0.717) is 6.07 Å². The third-order valence-electron chi connectivity index (χ3n) is 5.96. The van der Waals surface area contributed by atoms with Crippen molar-refractivity contribution in [3.8, 4) is 0 Å². The lowest BCUT2D eigenvalue weighted by atomic mass is 10.2. The van der Waals surface area contributed by atoms with E-state index in [0.717, 1.165) is 34.1 Å². The van der Waals surface area contributed by atoms with Gasteiger partial charge < -0.3 is 5.32 Å². The number of sulfonamides is 2. The molecule has 0 spiro atoms. The second-order valence-electron chi connectivity index (χ2n) is 9.18. The van der Waals surface area contributed by atoms with E-state index in [4.69, 9.17) is 23.2 Å². The third-order valence-corrected chi connectivity index (χ3v) is 9.71. The van der Waals surface area contributed by atoms with Gasteiger partial charge in [-0.1, -0.05) is 47.0 Å². The number of alkyl halides is 3. The summed E-state index contributed by atoms with van der Waals surface area (Å²) in [6, 6.07) is 19.4. The second-order valence-corrected chi connectivity index (χ2v) is 13.6. The Hall–Kier alpha value is -3.78. The Morgan fingerprint density at radius 2 is 1.42 bits per heavy atom. The quantitative estimate of drug-likeness (QED) is 0.200. The van der Waals surface area contributed by atoms with Gasteiger partial charge in [0.25, 0.3) is 20.0 Å². The zero-order chi connectivity index (χ0) is 31.6. The molecule has 0 radical (unpaired) electrons. The average molecular weight is 673 g/mol. The number of aryl methyl sites for hydroxylation is 1. The summed E-state index contributed by atoms with van der Waals surface area (Å²) in [6.07, 6.45) is -4.79. The zero-order valence-corrected chi connectivity index (χ0v) is 25.2. The summed E-state index contributed by atoms with van der Waals surface area (Å²) in [4.78, 5) is 12.6.